The van der Waals surface area contributed by atoms with Crippen molar-refractivity contribution in [3.8, 4) is 22.6 Å². The number of hydrogen-bond acceptors (Lipinski definition) is 6. The van der Waals surface area contributed by atoms with E-state index >= 15 is 0 Å². The number of anilines is 1. The number of aryl methyl sites for hydroxylation is 1. The molecule has 4 aromatic rings. The lowest BCUT2D eigenvalue weighted by atomic mass is 10.0. The van der Waals surface area contributed by atoms with Gasteiger partial charge in [0.1, 0.15) is 29.4 Å². The number of hydrogen-bond donors (Lipinski definition) is 0. The molecule has 1 saturated heterocycles. The highest BCUT2D eigenvalue weighted by Gasteiger charge is 2.19. The molecule has 1 aliphatic rings. The Kier molecular flexibility index (Phi) is 6.73. The van der Waals surface area contributed by atoms with Crippen LogP contribution < -0.4 is 19.8 Å². The number of nitrogens with zero attached hydrogens (tertiary/aromatic N) is 2. The van der Waals surface area contributed by atoms with Gasteiger partial charge in [0.25, 0.3) is 0 Å². The first-order chi connectivity index (χ1) is 17.1. The van der Waals surface area contributed by atoms with Gasteiger partial charge in [-0.1, -0.05) is 42.5 Å². The first kappa shape index (κ1) is 23.0. The summed E-state index contributed by atoms with van der Waals surface area (Å²) in [7, 11) is 1.72. The van der Waals surface area contributed by atoms with E-state index in [2.05, 4.69) is 15.9 Å². The summed E-state index contributed by atoms with van der Waals surface area (Å²) >= 11 is 0. The fourth-order valence-corrected chi connectivity index (χ4v) is 4.71. The number of fused-ring (bicyclic) bond motifs is 1. The molecule has 6 heteroatoms. The second-order valence-electron chi connectivity index (χ2n) is 8.74. The number of rotatable bonds is 7. The number of piperazine rings is 1. The van der Waals surface area contributed by atoms with Crippen LogP contribution in [0.3, 0.4) is 0 Å². The molecule has 0 atom stereocenters. The van der Waals surface area contributed by atoms with Crippen molar-refractivity contribution in [2.24, 2.45) is 0 Å². The fourth-order valence-electron chi connectivity index (χ4n) is 4.71. The summed E-state index contributed by atoms with van der Waals surface area (Å²) in [4.78, 5) is 17.9. The number of benzene rings is 3. The van der Waals surface area contributed by atoms with E-state index in [9.17, 15) is 4.79 Å². The molecule has 0 aliphatic carbocycles. The van der Waals surface area contributed by atoms with Crippen molar-refractivity contribution in [1.29, 1.82) is 0 Å². The highest BCUT2D eigenvalue weighted by Crippen LogP contribution is 2.29. The van der Waals surface area contributed by atoms with E-state index in [4.69, 9.17) is 13.9 Å². The highest BCUT2D eigenvalue weighted by molar-refractivity contribution is 5.83. The second-order valence-corrected chi connectivity index (χ2v) is 8.74. The third-order valence-corrected chi connectivity index (χ3v) is 6.58. The van der Waals surface area contributed by atoms with Gasteiger partial charge in [-0.05, 0) is 36.8 Å². The fraction of sp³-hybridized carbons (Fsp3) is 0.276. The molecular weight excluding hydrogens is 440 g/mol. The molecule has 1 aliphatic heterocycles. The van der Waals surface area contributed by atoms with E-state index in [1.54, 1.807) is 13.2 Å². The standard InChI is InChI=1S/C29H30N2O4/c1-21-28(22-8-4-3-5-9-22)29(32)24-13-12-23(20-27(24)35-21)34-19-18-30-14-16-31(17-15-30)25-10-6-7-11-26(25)33-2/h3-13,20H,14-19H2,1-2H3. The molecule has 0 amide bonds. The molecule has 0 N–H and O–H groups in total. The van der Waals surface area contributed by atoms with Crippen molar-refractivity contribution >= 4 is 16.7 Å². The number of para-hydroxylation sites is 2. The van der Waals surface area contributed by atoms with Gasteiger partial charge < -0.3 is 18.8 Å². The van der Waals surface area contributed by atoms with E-state index in [1.165, 1.54) is 0 Å². The molecule has 0 spiro atoms. The largest absolute Gasteiger partial charge is 0.495 e. The van der Waals surface area contributed by atoms with Crippen molar-refractivity contribution in [2.75, 3.05) is 51.3 Å². The third kappa shape index (κ3) is 4.88. The summed E-state index contributed by atoms with van der Waals surface area (Å²) in [5.74, 6) is 2.23. The number of ether oxygens (including phenoxy) is 2. The molecule has 180 valence electrons. The zero-order chi connectivity index (χ0) is 24.2. The van der Waals surface area contributed by atoms with Gasteiger partial charge in [0, 0.05) is 38.8 Å². The minimum absolute atomic E-state index is 0.0191. The minimum atomic E-state index is -0.0191. The molecule has 1 aromatic heterocycles. The Hall–Kier alpha value is -3.77. The van der Waals surface area contributed by atoms with E-state index in [1.807, 2.05) is 67.6 Å². The van der Waals surface area contributed by atoms with Crippen LogP contribution in [-0.2, 0) is 0 Å². The molecule has 6 nitrogen and oxygen atoms in total. The molecule has 0 saturated carbocycles. The van der Waals surface area contributed by atoms with Crippen LogP contribution in [0.25, 0.3) is 22.1 Å². The van der Waals surface area contributed by atoms with Crippen molar-refractivity contribution < 1.29 is 13.9 Å². The van der Waals surface area contributed by atoms with E-state index < -0.39 is 0 Å². The lowest BCUT2D eigenvalue weighted by molar-refractivity contribution is 0.200. The van der Waals surface area contributed by atoms with Crippen LogP contribution in [-0.4, -0.2) is 51.3 Å². The van der Waals surface area contributed by atoms with Crippen LogP contribution in [0.15, 0.2) is 82.0 Å². The van der Waals surface area contributed by atoms with Gasteiger partial charge in [0.05, 0.1) is 23.7 Å². The maximum absolute atomic E-state index is 13.1. The monoisotopic (exact) mass is 470 g/mol. The smallest absolute Gasteiger partial charge is 0.200 e. The summed E-state index contributed by atoms with van der Waals surface area (Å²) in [6, 6.07) is 23.3. The maximum Gasteiger partial charge on any atom is 0.200 e. The lowest BCUT2D eigenvalue weighted by Crippen LogP contribution is -2.47. The molecule has 5 rings (SSSR count). The predicted octanol–water partition coefficient (Wildman–Crippen LogP) is 4.98. The minimum Gasteiger partial charge on any atom is -0.495 e. The Balaban J connectivity index is 1.20. The van der Waals surface area contributed by atoms with Crippen LogP contribution in [0.2, 0.25) is 0 Å². The van der Waals surface area contributed by atoms with Crippen molar-refractivity contribution in [1.82, 2.24) is 4.90 Å². The Morgan fingerprint density at radius 3 is 2.43 bits per heavy atom. The Bertz CT molecular complexity index is 1360. The second kappa shape index (κ2) is 10.2. The lowest BCUT2D eigenvalue weighted by Gasteiger charge is -2.36. The first-order valence-corrected chi connectivity index (χ1v) is 12.0. The summed E-state index contributed by atoms with van der Waals surface area (Å²) in [5.41, 5.74) is 3.16. The molecule has 0 bridgehead atoms. The van der Waals surface area contributed by atoms with Gasteiger partial charge in [0.15, 0.2) is 0 Å². The van der Waals surface area contributed by atoms with Gasteiger partial charge in [-0.25, -0.2) is 0 Å². The van der Waals surface area contributed by atoms with Crippen molar-refractivity contribution in [2.45, 2.75) is 6.92 Å². The Morgan fingerprint density at radius 2 is 1.66 bits per heavy atom. The van der Waals surface area contributed by atoms with Crippen molar-refractivity contribution in [3.63, 3.8) is 0 Å². The topological polar surface area (TPSA) is 55.2 Å². The van der Waals surface area contributed by atoms with Crippen LogP contribution >= 0.6 is 0 Å². The van der Waals surface area contributed by atoms with Gasteiger partial charge in [-0.15, -0.1) is 0 Å². The average Bonchev–Trinajstić information content (AvgIpc) is 2.89. The molecular formula is C29H30N2O4. The summed E-state index contributed by atoms with van der Waals surface area (Å²) in [5, 5.41) is 0.564. The summed E-state index contributed by atoms with van der Waals surface area (Å²) < 4.78 is 17.6. The molecule has 35 heavy (non-hydrogen) atoms. The van der Waals surface area contributed by atoms with Crippen molar-refractivity contribution in [3.05, 3.63) is 88.8 Å². The SMILES string of the molecule is COc1ccccc1N1CCN(CCOc2ccc3c(=O)c(-c4ccccc4)c(C)oc3c2)CC1. The van der Waals surface area contributed by atoms with E-state index in [0.29, 0.717) is 34.6 Å². The van der Waals surface area contributed by atoms with E-state index in [0.717, 1.165) is 49.7 Å². The summed E-state index contributed by atoms with van der Waals surface area (Å²) in [6.45, 7) is 7.08. The maximum atomic E-state index is 13.1. The van der Waals surface area contributed by atoms with Gasteiger partial charge in [-0.2, -0.15) is 0 Å². The normalized spacial score (nSPS) is 14.3. The summed E-state index contributed by atoms with van der Waals surface area (Å²) in [6.07, 6.45) is 0. The first-order valence-electron chi connectivity index (χ1n) is 12.0. The molecule has 3 aromatic carbocycles. The number of methoxy groups -OCH3 is 1. The molecule has 0 radical (unpaired) electrons. The van der Waals surface area contributed by atoms with Crippen LogP contribution in [0.4, 0.5) is 5.69 Å². The van der Waals surface area contributed by atoms with Crippen LogP contribution in [0.5, 0.6) is 11.5 Å². The molecule has 2 heterocycles. The zero-order valence-corrected chi connectivity index (χ0v) is 20.2. The molecule has 1 fully saturated rings. The van der Waals surface area contributed by atoms with Gasteiger partial charge in [-0.3, -0.25) is 9.69 Å². The van der Waals surface area contributed by atoms with Crippen LogP contribution in [0, 0.1) is 6.92 Å². The third-order valence-electron chi connectivity index (χ3n) is 6.58. The van der Waals surface area contributed by atoms with Gasteiger partial charge in [0.2, 0.25) is 5.43 Å². The van der Waals surface area contributed by atoms with Crippen LogP contribution in [0.1, 0.15) is 5.76 Å². The zero-order valence-electron chi connectivity index (χ0n) is 20.2. The Morgan fingerprint density at radius 1 is 0.914 bits per heavy atom. The highest BCUT2D eigenvalue weighted by atomic mass is 16.5. The van der Waals surface area contributed by atoms with Gasteiger partial charge >= 0.3 is 0 Å². The molecule has 0 unspecified atom stereocenters. The van der Waals surface area contributed by atoms with E-state index in [-0.39, 0.29) is 5.43 Å². The Labute approximate surface area is 205 Å². The average molecular weight is 471 g/mol. The predicted molar refractivity (Wildman–Crippen MR) is 140 cm³/mol. The quantitative estimate of drug-likeness (QED) is 0.380.